The highest BCUT2D eigenvalue weighted by Crippen LogP contribution is 2.13. The summed E-state index contributed by atoms with van der Waals surface area (Å²) in [6, 6.07) is 9.22. The number of fused-ring (bicyclic) bond motifs is 1. The number of carbonyl (C=O) groups is 1. The first-order valence-electron chi connectivity index (χ1n) is 6.96. The number of rotatable bonds is 4. The van der Waals surface area contributed by atoms with Crippen molar-refractivity contribution in [2.75, 3.05) is 0 Å². The second kappa shape index (κ2) is 5.95. The quantitative estimate of drug-likeness (QED) is 0.764. The molecule has 0 unspecified atom stereocenters. The molecule has 0 saturated heterocycles. The van der Waals surface area contributed by atoms with Crippen molar-refractivity contribution in [3.63, 3.8) is 0 Å². The molecule has 0 spiro atoms. The van der Waals surface area contributed by atoms with Gasteiger partial charge in [0.25, 0.3) is 5.91 Å². The number of benzene rings is 1. The van der Waals surface area contributed by atoms with Gasteiger partial charge in [0.1, 0.15) is 5.56 Å². The minimum absolute atomic E-state index is 0.0522. The van der Waals surface area contributed by atoms with Crippen molar-refractivity contribution < 1.29 is 9.90 Å². The number of aromatic nitrogens is 3. The summed E-state index contributed by atoms with van der Waals surface area (Å²) >= 11 is 0. The fourth-order valence-corrected chi connectivity index (χ4v) is 2.41. The Morgan fingerprint density at radius 3 is 2.82 bits per heavy atom. The van der Waals surface area contributed by atoms with Gasteiger partial charge in [0, 0.05) is 18.9 Å². The van der Waals surface area contributed by atoms with E-state index >= 15 is 0 Å². The first kappa shape index (κ1) is 14.2. The lowest BCUT2D eigenvalue weighted by Gasteiger charge is -2.08. The number of aliphatic hydroxyl groups excluding tert-OH is 1. The Bertz CT molecular complexity index is 826. The van der Waals surface area contributed by atoms with Crippen LogP contribution >= 0.6 is 0 Å². The van der Waals surface area contributed by atoms with Gasteiger partial charge < -0.3 is 10.4 Å². The van der Waals surface area contributed by atoms with Crippen LogP contribution in [0.5, 0.6) is 0 Å². The van der Waals surface area contributed by atoms with Crippen LogP contribution in [-0.2, 0) is 13.2 Å². The number of aliphatic hydroxyl groups is 1. The zero-order valence-electron chi connectivity index (χ0n) is 12.2. The van der Waals surface area contributed by atoms with Crippen LogP contribution in [-0.4, -0.2) is 25.6 Å². The van der Waals surface area contributed by atoms with Crippen molar-refractivity contribution in [3.8, 4) is 0 Å². The van der Waals surface area contributed by atoms with E-state index in [0.29, 0.717) is 23.4 Å². The maximum absolute atomic E-state index is 12.4. The lowest BCUT2D eigenvalue weighted by Crippen LogP contribution is -2.24. The summed E-state index contributed by atoms with van der Waals surface area (Å²) in [5.41, 5.74) is 3.33. The number of nitrogens with one attached hydrogen (secondary N) is 1. The Labute approximate surface area is 127 Å². The molecule has 0 aliphatic rings. The molecule has 2 heterocycles. The van der Waals surface area contributed by atoms with Gasteiger partial charge in [-0.15, -0.1) is 0 Å². The minimum Gasteiger partial charge on any atom is -0.392 e. The average Bonchev–Trinajstić information content (AvgIpc) is 2.88. The fraction of sp³-hybridized carbons (Fsp3) is 0.188. The number of hydrogen-bond donors (Lipinski definition) is 2. The van der Waals surface area contributed by atoms with E-state index in [-0.39, 0.29) is 12.5 Å². The first-order chi connectivity index (χ1) is 10.7. The topological polar surface area (TPSA) is 79.5 Å². The van der Waals surface area contributed by atoms with Crippen molar-refractivity contribution in [2.45, 2.75) is 20.1 Å². The fourth-order valence-electron chi connectivity index (χ4n) is 2.41. The molecule has 22 heavy (non-hydrogen) atoms. The summed E-state index contributed by atoms with van der Waals surface area (Å²) in [5.74, 6) is -0.223. The lowest BCUT2D eigenvalue weighted by atomic mass is 10.1. The van der Waals surface area contributed by atoms with Crippen LogP contribution in [0.1, 0.15) is 27.2 Å². The first-order valence-corrected chi connectivity index (χ1v) is 6.96. The Morgan fingerprint density at radius 1 is 1.27 bits per heavy atom. The molecule has 2 aromatic heterocycles. The maximum atomic E-state index is 12.4. The SMILES string of the molecule is Cc1nn2cccnc2c1C(=O)NCc1ccccc1CO. The third-order valence-electron chi connectivity index (χ3n) is 3.53. The van der Waals surface area contributed by atoms with Gasteiger partial charge in [0.05, 0.1) is 12.3 Å². The summed E-state index contributed by atoms with van der Waals surface area (Å²) in [6.07, 6.45) is 3.39. The van der Waals surface area contributed by atoms with Gasteiger partial charge in [0.15, 0.2) is 5.65 Å². The number of nitrogens with zero attached hydrogens (tertiary/aromatic N) is 3. The van der Waals surface area contributed by atoms with Crippen LogP contribution in [0.25, 0.3) is 5.65 Å². The highest BCUT2D eigenvalue weighted by molar-refractivity contribution is 6.00. The molecule has 0 saturated carbocycles. The molecular formula is C16H16N4O2. The average molecular weight is 296 g/mol. The van der Waals surface area contributed by atoms with E-state index < -0.39 is 0 Å². The minimum atomic E-state index is -0.223. The molecule has 112 valence electrons. The van der Waals surface area contributed by atoms with Gasteiger partial charge >= 0.3 is 0 Å². The van der Waals surface area contributed by atoms with Crippen molar-refractivity contribution >= 4 is 11.6 Å². The Hall–Kier alpha value is -2.73. The van der Waals surface area contributed by atoms with E-state index in [0.717, 1.165) is 11.1 Å². The van der Waals surface area contributed by atoms with Gasteiger partial charge in [-0.2, -0.15) is 5.10 Å². The molecule has 3 rings (SSSR count). The monoisotopic (exact) mass is 296 g/mol. The van der Waals surface area contributed by atoms with Crippen molar-refractivity contribution in [1.29, 1.82) is 0 Å². The van der Waals surface area contributed by atoms with E-state index in [4.69, 9.17) is 0 Å². The van der Waals surface area contributed by atoms with Crippen LogP contribution in [0.4, 0.5) is 0 Å². The summed E-state index contributed by atoms with van der Waals surface area (Å²) in [4.78, 5) is 16.7. The zero-order chi connectivity index (χ0) is 15.5. The smallest absolute Gasteiger partial charge is 0.257 e. The maximum Gasteiger partial charge on any atom is 0.257 e. The molecule has 3 aromatic rings. The second-order valence-electron chi connectivity index (χ2n) is 4.96. The van der Waals surface area contributed by atoms with Crippen molar-refractivity contribution in [3.05, 3.63) is 65.1 Å². The largest absolute Gasteiger partial charge is 0.392 e. The third kappa shape index (κ3) is 2.56. The molecule has 6 nitrogen and oxygen atoms in total. The standard InChI is InChI=1S/C16H16N4O2/c1-11-14(15-17-7-4-8-20(15)19-11)16(22)18-9-12-5-2-3-6-13(12)10-21/h2-8,21H,9-10H2,1H3,(H,18,22). The molecule has 0 fully saturated rings. The third-order valence-corrected chi connectivity index (χ3v) is 3.53. The summed E-state index contributed by atoms with van der Waals surface area (Å²) in [6.45, 7) is 2.08. The van der Waals surface area contributed by atoms with Crippen molar-refractivity contribution in [1.82, 2.24) is 19.9 Å². The lowest BCUT2D eigenvalue weighted by molar-refractivity contribution is 0.0951. The van der Waals surface area contributed by atoms with Gasteiger partial charge in [-0.3, -0.25) is 4.79 Å². The summed E-state index contributed by atoms with van der Waals surface area (Å²) < 4.78 is 1.59. The van der Waals surface area contributed by atoms with Gasteiger partial charge in [-0.05, 0) is 24.1 Å². The molecule has 1 amide bonds. The van der Waals surface area contributed by atoms with E-state index in [2.05, 4.69) is 15.4 Å². The van der Waals surface area contributed by atoms with Crippen molar-refractivity contribution in [2.24, 2.45) is 0 Å². The van der Waals surface area contributed by atoms with Crippen LogP contribution < -0.4 is 5.32 Å². The zero-order valence-corrected chi connectivity index (χ0v) is 12.2. The normalized spacial score (nSPS) is 10.8. The molecule has 0 aliphatic heterocycles. The second-order valence-corrected chi connectivity index (χ2v) is 4.96. The van der Waals surface area contributed by atoms with Crippen LogP contribution in [0, 0.1) is 6.92 Å². The summed E-state index contributed by atoms with van der Waals surface area (Å²) in [5, 5.41) is 16.5. The van der Waals surface area contributed by atoms with E-state index in [9.17, 15) is 9.90 Å². The number of amides is 1. The molecular weight excluding hydrogens is 280 g/mol. The van der Waals surface area contributed by atoms with Crippen LogP contribution in [0.3, 0.4) is 0 Å². The van der Waals surface area contributed by atoms with E-state index in [1.807, 2.05) is 24.3 Å². The predicted molar refractivity (Wildman–Crippen MR) is 81.3 cm³/mol. The highest BCUT2D eigenvalue weighted by atomic mass is 16.3. The van der Waals surface area contributed by atoms with E-state index in [1.54, 1.807) is 29.9 Å². The van der Waals surface area contributed by atoms with Crippen LogP contribution in [0.15, 0.2) is 42.7 Å². The van der Waals surface area contributed by atoms with Gasteiger partial charge in [0.2, 0.25) is 0 Å². The Morgan fingerprint density at radius 2 is 2.05 bits per heavy atom. The van der Waals surface area contributed by atoms with Gasteiger partial charge in [-0.25, -0.2) is 9.50 Å². The number of hydrogen-bond acceptors (Lipinski definition) is 4. The molecule has 6 heteroatoms. The Kier molecular flexibility index (Phi) is 3.84. The highest BCUT2D eigenvalue weighted by Gasteiger charge is 2.17. The van der Waals surface area contributed by atoms with E-state index in [1.165, 1.54) is 0 Å². The predicted octanol–water partition coefficient (Wildman–Crippen LogP) is 1.46. The molecule has 0 radical (unpaired) electrons. The molecule has 0 atom stereocenters. The van der Waals surface area contributed by atoms with Gasteiger partial charge in [-0.1, -0.05) is 24.3 Å². The van der Waals surface area contributed by atoms with Crippen LogP contribution in [0.2, 0.25) is 0 Å². The molecule has 0 aliphatic carbocycles. The molecule has 1 aromatic carbocycles. The molecule has 2 N–H and O–H groups in total. The Balaban J connectivity index is 1.83. The molecule has 0 bridgehead atoms. The number of carbonyl (C=O) groups excluding carboxylic acids is 1. The summed E-state index contributed by atoms with van der Waals surface area (Å²) in [7, 11) is 0. The number of aryl methyl sites for hydroxylation is 1.